The van der Waals surface area contributed by atoms with Crippen molar-refractivity contribution in [2.45, 2.75) is 32.1 Å². The van der Waals surface area contributed by atoms with Crippen LogP contribution in [0.25, 0.3) is 0 Å². The first-order chi connectivity index (χ1) is 8.67. The van der Waals surface area contributed by atoms with Crippen LogP contribution in [-0.2, 0) is 11.3 Å². The summed E-state index contributed by atoms with van der Waals surface area (Å²) in [4.78, 5) is 13.7. The van der Waals surface area contributed by atoms with Crippen LogP contribution < -0.4 is 0 Å². The summed E-state index contributed by atoms with van der Waals surface area (Å²) < 4.78 is 0.0931. The van der Waals surface area contributed by atoms with Gasteiger partial charge in [0.15, 0.2) is 0 Å². The van der Waals surface area contributed by atoms with Crippen LogP contribution >= 0.6 is 35.0 Å². The van der Waals surface area contributed by atoms with Gasteiger partial charge < -0.3 is 4.90 Å². The van der Waals surface area contributed by atoms with Crippen LogP contribution in [0.15, 0.2) is 18.2 Å². The van der Waals surface area contributed by atoms with Gasteiger partial charge in [-0.25, -0.2) is 0 Å². The third-order valence-electron chi connectivity index (χ3n) is 2.40. The number of carbonyl (C=O) groups is 1. The molecule has 5 heteroatoms. The third kappa shape index (κ3) is 6.55. The molecule has 0 radical (unpaired) electrons. The molecule has 0 aromatic heterocycles. The lowest BCUT2D eigenvalue weighted by Crippen LogP contribution is -2.29. The molecule has 106 valence electrons. The molecule has 19 heavy (non-hydrogen) atoms. The van der Waals surface area contributed by atoms with E-state index in [9.17, 15) is 4.79 Å². The quantitative estimate of drug-likeness (QED) is 0.815. The van der Waals surface area contributed by atoms with E-state index in [-0.39, 0.29) is 10.7 Å². The van der Waals surface area contributed by atoms with E-state index in [4.69, 9.17) is 23.2 Å². The van der Waals surface area contributed by atoms with Crippen molar-refractivity contribution in [2.75, 3.05) is 12.8 Å². The molecule has 0 saturated heterocycles. The maximum atomic E-state index is 12.0. The van der Waals surface area contributed by atoms with Gasteiger partial charge in [-0.1, -0.05) is 44.0 Å². The second kappa shape index (κ2) is 6.87. The van der Waals surface area contributed by atoms with E-state index in [0.29, 0.717) is 22.3 Å². The fourth-order valence-electron chi connectivity index (χ4n) is 1.45. The van der Waals surface area contributed by atoms with Gasteiger partial charge in [-0.3, -0.25) is 4.79 Å². The van der Waals surface area contributed by atoms with Crippen molar-refractivity contribution >= 4 is 40.9 Å². The fraction of sp³-hybridized carbons (Fsp3) is 0.500. The Bertz CT molecular complexity index is 437. The van der Waals surface area contributed by atoms with Crippen molar-refractivity contribution in [3.8, 4) is 0 Å². The molecule has 0 aliphatic rings. The smallest absolute Gasteiger partial charge is 0.232 e. The molecule has 1 amide bonds. The van der Waals surface area contributed by atoms with Gasteiger partial charge in [-0.15, -0.1) is 11.8 Å². The normalized spacial score (nSPS) is 11.5. The van der Waals surface area contributed by atoms with E-state index in [0.717, 1.165) is 5.56 Å². The Labute approximate surface area is 129 Å². The number of halogens is 2. The second-order valence-corrected chi connectivity index (χ2v) is 8.10. The molecule has 0 N–H and O–H groups in total. The van der Waals surface area contributed by atoms with Crippen LogP contribution in [-0.4, -0.2) is 28.4 Å². The van der Waals surface area contributed by atoms with Gasteiger partial charge >= 0.3 is 0 Å². The van der Waals surface area contributed by atoms with Crippen molar-refractivity contribution in [3.05, 3.63) is 33.8 Å². The molecule has 0 aliphatic carbocycles. The predicted octanol–water partition coefficient (Wildman–Crippen LogP) is 4.48. The Morgan fingerprint density at radius 2 is 1.74 bits per heavy atom. The standard InChI is InChI=1S/C14H19Cl2NOS/c1-14(2,3)19-9-13(18)17(4)8-10-5-11(15)7-12(16)6-10/h5-7H,8-9H2,1-4H3. The third-order valence-corrected chi connectivity index (χ3v) is 4.09. The molecule has 0 bridgehead atoms. The average molecular weight is 320 g/mol. The molecule has 1 aromatic rings. The second-order valence-electron chi connectivity index (χ2n) is 5.43. The van der Waals surface area contributed by atoms with Crippen LogP contribution in [0, 0.1) is 0 Å². The number of hydrogen-bond donors (Lipinski definition) is 0. The maximum absolute atomic E-state index is 12.0. The van der Waals surface area contributed by atoms with Crippen molar-refractivity contribution in [1.82, 2.24) is 4.90 Å². The van der Waals surface area contributed by atoms with Crippen molar-refractivity contribution < 1.29 is 4.79 Å². The average Bonchev–Trinajstić information content (AvgIpc) is 2.23. The lowest BCUT2D eigenvalue weighted by molar-refractivity contribution is -0.127. The van der Waals surface area contributed by atoms with Crippen molar-refractivity contribution in [1.29, 1.82) is 0 Å². The summed E-state index contributed by atoms with van der Waals surface area (Å²) >= 11 is 13.5. The van der Waals surface area contributed by atoms with Crippen LogP contribution in [0.1, 0.15) is 26.3 Å². The van der Waals surface area contributed by atoms with E-state index in [1.165, 1.54) is 0 Å². The van der Waals surface area contributed by atoms with Crippen LogP contribution in [0.2, 0.25) is 10.0 Å². The fourth-order valence-corrected chi connectivity index (χ4v) is 2.80. The number of nitrogens with zero attached hydrogens (tertiary/aromatic N) is 1. The molecule has 0 atom stereocenters. The Morgan fingerprint density at radius 1 is 1.21 bits per heavy atom. The summed E-state index contributed by atoms with van der Waals surface area (Å²) in [5.74, 6) is 0.588. The summed E-state index contributed by atoms with van der Waals surface area (Å²) in [6.07, 6.45) is 0. The summed E-state index contributed by atoms with van der Waals surface area (Å²) in [5.41, 5.74) is 0.939. The van der Waals surface area contributed by atoms with Gasteiger partial charge in [0.2, 0.25) is 5.91 Å². The van der Waals surface area contributed by atoms with Gasteiger partial charge in [-0.05, 0) is 23.8 Å². The van der Waals surface area contributed by atoms with Gasteiger partial charge in [0.1, 0.15) is 0 Å². The monoisotopic (exact) mass is 319 g/mol. The van der Waals surface area contributed by atoms with Crippen LogP contribution in [0.3, 0.4) is 0 Å². The first-order valence-corrected chi connectivity index (χ1v) is 7.74. The van der Waals surface area contributed by atoms with Gasteiger partial charge in [0.25, 0.3) is 0 Å². The first-order valence-electron chi connectivity index (χ1n) is 6.00. The van der Waals surface area contributed by atoms with Crippen molar-refractivity contribution in [2.24, 2.45) is 0 Å². The molecular weight excluding hydrogens is 301 g/mol. The maximum Gasteiger partial charge on any atom is 0.232 e. The molecule has 1 rings (SSSR count). The molecule has 0 fully saturated rings. The number of hydrogen-bond acceptors (Lipinski definition) is 2. The lowest BCUT2D eigenvalue weighted by atomic mass is 10.2. The minimum Gasteiger partial charge on any atom is -0.341 e. The number of benzene rings is 1. The zero-order chi connectivity index (χ0) is 14.6. The van der Waals surface area contributed by atoms with Gasteiger partial charge in [0.05, 0.1) is 5.75 Å². The topological polar surface area (TPSA) is 20.3 Å². The molecule has 0 spiro atoms. The molecule has 2 nitrogen and oxygen atoms in total. The highest BCUT2D eigenvalue weighted by atomic mass is 35.5. The number of amides is 1. The lowest BCUT2D eigenvalue weighted by Gasteiger charge is -2.21. The summed E-state index contributed by atoms with van der Waals surface area (Å²) in [5, 5.41) is 1.18. The van der Waals surface area contributed by atoms with Crippen LogP contribution in [0.4, 0.5) is 0 Å². The molecule has 1 aromatic carbocycles. The zero-order valence-electron chi connectivity index (χ0n) is 11.7. The van der Waals surface area contributed by atoms with E-state index in [2.05, 4.69) is 20.8 Å². The molecule has 0 heterocycles. The SMILES string of the molecule is CN(Cc1cc(Cl)cc(Cl)c1)C(=O)CSC(C)(C)C. The minimum absolute atomic E-state index is 0.0931. The van der Waals surface area contributed by atoms with E-state index >= 15 is 0 Å². The molecule has 0 saturated carbocycles. The summed E-state index contributed by atoms with van der Waals surface area (Å²) in [6, 6.07) is 5.34. The Hall–Kier alpha value is -0.380. The highest BCUT2D eigenvalue weighted by Crippen LogP contribution is 2.24. The van der Waals surface area contributed by atoms with E-state index < -0.39 is 0 Å². The first kappa shape index (κ1) is 16.7. The van der Waals surface area contributed by atoms with Gasteiger partial charge in [0, 0.05) is 28.4 Å². The van der Waals surface area contributed by atoms with E-state index in [1.54, 1.807) is 29.8 Å². The molecule has 0 unspecified atom stereocenters. The Balaban J connectivity index is 2.58. The highest BCUT2D eigenvalue weighted by Gasteiger charge is 2.16. The number of thioether (sulfide) groups is 1. The molecule has 0 aliphatic heterocycles. The van der Waals surface area contributed by atoms with Crippen LogP contribution in [0.5, 0.6) is 0 Å². The number of rotatable bonds is 4. The summed E-state index contributed by atoms with van der Waals surface area (Å²) in [6.45, 7) is 6.81. The highest BCUT2D eigenvalue weighted by molar-refractivity contribution is 8.01. The largest absolute Gasteiger partial charge is 0.341 e. The Kier molecular flexibility index (Phi) is 6.03. The van der Waals surface area contributed by atoms with Gasteiger partial charge in [-0.2, -0.15) is 0 Å². The minimum atomic E-state index is 0.0931. The Morgan fingerprint density at radius 3 is 2.21 bits per heavy atom. The number of carbonyl (C=O) groups excluding carboxylic acids is 1. The van der Waals surface area contributed by atoms with E-state index in [1.807, 2.05) is 12.1 Å². The zero-order valence-corrected chi connectivity index (χ0v) is 14.0. The summed E-state index contributed by atoms with van der Waals surface area (Å²) in [7, 11) is 1.79. The van der Waals surface area contributed by atoms with Crippen molar-refractivity contribution in [3.63, 3.8) is 0 Å². The predicted molar refractivity (Wildman–Crippen MR) is 85.1 cm³/mol. The molecular formula is C14H19Cl2NOS.